The molecule has 0 aliphatic heterocycles. The van der Waals surface area contributed by atoms with E-state index >= 15 is 0 Å². The van der Waals surface area contributed by atoms with E-state index < -0.39 is 0 Å². The van der Waals surface area contributed by atoms with Crippen molar-refractivity contribution in [3.63, 3.8) is 0 Å². The molecular formula is C19H21N3O4. The molecule has 0 radical (unpaired) electrons. The van der Waals surface area contributed by atoms with Gasteiger partial charge in [-0.25, -0.2) is 5.43 Å². The number of carbonyl (C=O) groups is 2. The van der Waals surface area contributed by atoms with E-state index in [-0.39, 0.29) is 24.7 Å². The van der Waals surface area contributed by atoms with Crippen LogP contribution in [0.4, 0.5) is 5.69 Å². The molecule has 0 aliphatic carbocycles. The summed E-state index contributed by atoms with van der Waals surface area (Å²) in [4.78, 5) is 23.6. The third-order valence-corrected chi connectivity index (χ3v) is 3.47. The van der Waals surface area contributed by atoms with Crippen LogP contribution in [0.5, 0.6) is 11.5 Å². The molecule has 2 aromatic carbocycles. The summed E-state index contributed by atoms with van der Waals surface area (Å²) in [5.41, 5.74) is 3.75. The summed E-state index contributed by atoms with van der Waals surface area (Å²) in [5.74, 6) is 0.665. The van der Waals surface area contributed by atoms with Gasteiger partial charge in [-0.1, -0.05) is 18.2 Å². The van der Waals surface area contributed by atoms with Crippen molar-refractivity contribution >= 4 is 23.7 Å². The molecule has 0 saturated carbocycles. The largest absolute Gasteiger partial charge is 0.497 e. The minimum Gasteiger partial charge on any atom is -0.497 e. The van der Waals surface area contributed by atoms with Crippen LogP contribution in [0.25, 0.3) is 0 Å². The number of hydrogen-bond acceptors (Lipinski definition) is 5. The molecule has 0 unspecified atom stereocenters. The van der Waals surface area contributed by atoms with Gasteiger partial charge in [0.05, 0.1) is 20.4 Å². The first kappa shape index (κ1) is 19.0. The van der Waals surface area contributed by atoms with Crippen LogP contribution in [0, 0.1) is 0 Å². The van der Waals surface area contributed by atoms with Crippen LogP contribution in [0.1, 0.15) is 18.4 Å². The maximum atomic E-state index is 11.8. The molecule has 0 spiro atoms. The Hall–Kier alpha value is -3.35. The van der Waals surface area contributed by atoms with E-state index in [4.69, 9.17) is 9.47 Å². The predicted octanol–water partition coefficient (Wildman–Crippen LogP) is 2.57. The molecule has 7 heteroatoms. The first-order chi connectivity index (χ1) is 12.6. The Balaban J connectivity index is 1.81. The van der Waals surface area contributed by atoms with Gasteiger partial charge in [0, 0.05) is 24.1 Å². The van der Waals surface area contributed by atoms with E-state index in [1.54, 1.807) is 44.6 Å². The minimum atomic E-state index is -0.355. The Morgan fingerprint density at radius 3 is 2.42 bits per heavy atom. The highest BCUT2D eigenvalue weighted by molar-refractivity contribution is 5.93. The summed E-state index contributed by atoms with van der Waals surface area (Å²) in [5, 5.41) is 6.61. The predicted molar refractivity (Wildman–Crippen MR) is 99.6 cm³/mol. The monoisotopic (exact) mass is 355 g/mol. The van der Waals surface area contributed by atoms with Crippen LogP contribution in [0.2, 0.25) is 0 Å². The smallest absolute Gasteiger partial charge is 0.240 e. The van der Waals surface area contributed by atoms with Crippen LogP contribution in [0.15, 0.2) is 53.6 Å². The van der Waals surface area contributed by atoms with E-state index in [2.05, 4.69) is 15.8 Å². The second-order valence-electron chi connectivity index (χ2n) is 5.32. The van der Waals surface area contributed by atoms with Gasteiger partial charge in [0.2, 0.25) is 11.8 Å². The number of hydrazone groups is 1. The van der Waals surface area contributed by atoms with Gasteiger partial charge in [0.15, 0.2) is 0 Å². The quantitative estimate of drug-likeness (QED) is 0.563. The van der Waals surface area contributed by atoms with Gasteiger partial charge in [-0.3, -0.25) is 9.59 Å². The SMILES string of the molecule is COc1ccc(OC)c(C=NNC(=O)CCC(=O)Nc2ccccc2)c1. The lowest BCUT2D eigenvalue weighted by molar-refractivity contribution is -0.124. The molecule has 2 rings (SSSR count). The minimum absolute atomic E-state index is 0.0330. The van der Waals surface area contributed by atoms with Crippen molar-refractivity contribution in [1.29, 1.82) is 0 Å². The Labute approximate surface area is 152 Å². The van der Waals surface area contributed by atoms with Crippen molar-refractivity contribution in [2.24, 2.45) is 5.10 Å². The molecule has 26 heavy (non-hydrogen) atoms. The molecule has 2 N–H and O–H groups in total. The van der Waals surface area contributed by atoms with Crippen molar-refractivity contribution in [2.75, 3.05) is 19.5 Å². The van der Waals surface area contributed by atoms with Gasteiger partial charge in [0.25, 0.3) is 0 Å². The van der Waals surface area contributed by atoms with Gasteiger partial charge in [-0.15, -0.1) is 0 Å². The molecule has 2 aromatic rings. The van der Waals surface area contributed by atoms with Crippen LogP contribution in [0.3, 0.4) is 0 Å². The maximum Gasteiger partial charge on any atom is 0.240 e. The number of benzene rings is 2. The topological polar surface area (TPSA) is 89.0 Å². The molecule has 0 atom stereocenters. The second-order valence-corrected chi connectivity index (χ2v) is 5.32. The molecular weight excluding hydrogens is 334 g/mol. The zero-order valence-electron chi connectivity index (χ0n) is 14.7. The molecule has 0 heterocycles. The van der Waals surface area contributed by atoms with Gasteiger partial charge in [0.1, 0.15) is 11.5 Å². The molecule has 2 amide bonds. The number of para-hydroxylation sites is 1. The first-order valence-electron chi connectivity index (χ1n) is 8.01. The fourth-order valence-electron chi connectivity index (χ4n) is 2.14. The standard InChI is InChI=1S/C19H21N3O4/c1-25-16-8-9-17(26-2)14(12-16)13-20-22-19(24)11-10-18(23)21-15-6-4-3-5-7-15/h3-9,12-13H,10-11H2,1-2H3,(H,21,23)(H,22,24). The zero-order valence-corrected chi connectivity index (χ0v) is 14.7. The van der Waals surface area contributed by atoms with Crippen LogP contribution >= 0.6 is 0 Å². The molecule has 0 bridgehead atoms. The summed E-state index contributed by atoms with van der Waals surface area (Å²) in [6, 6.07) is 14.3. The third kappa shape index (κ3) is 5.94. The third-order valence-electron chi connectivity index (χ3n) is 3.47. The van der Waals surface area contributed by atoms with E-state index in [0.717, 1.165) is 0 Å². The van der Waals surface area contributed by atoms with E-state index in [9.17, 15) is 9.59 Å². The molecule has 0 saturated heterocycles. The fourth-order valence-corrected chi connectivity index (χ4v) is 2.14. The van der Waals surface area contributed by atoms with Crippen molar-refractivity contribution in [3.05, 3.63) is 54.1 Å². The Morgan fingerprint density at radius 1 is 1.00 bits per heavy atom. The van der Waals surface area contributed by atoms with Crippen molar-refractivity contribution in [3.8, 4) is 11.5 Å². The van der Waals surface area contributed by atoms with Crippen LogP contribution < -0.4 is 20.2 Å². The van der Waals surface area contributed by atoms with E-state index in [1.165, 1.54) is 6.21 Å². The molecule has 0 aliphatic rings. The second kappa shape index (κ2) is 9.83. The number of anilines is 1. The summed E-state index contributed by atoms with van der Waals surface area (Å²) < 4.78 is 10.4. The average Bonchev–Trinajstić information content (AvgIpc) is 2.67. The lowest BCUT2D eigenvalue weighted by Gasteiger charge is -2.07. The highest BCUT2D eigenvalue weighted by Crippen LogP contribution is 2.22. The Bertz CT molecular complexity index is 776. The molecule has 0 aromatic heterocycles. The number of nitrogens with one attached hydrogen (secondary N) is 2. The number of methoxy groups -OCH3 is 2. The zero-order chi connectivity index (χ0) is 18.8. The number of rotatable bonds is 8. The van der Waals surface area contributed by atoms with Crippen molar-refractivity contribution in [1.82, 2.24) is 5.43 Å². The van der Waals surface area contributed by atoms with Gasteiger partial charge in [-0.2, -0.15) is 5.10 Å². The highest BCUT2D eigenvalue weighted by Gasteiger charge is 2.07. The van der Waals surface area contributed by atoms with Gasteiger partial charge < -0.3 is 14.8 Å². The summed E-state index contributed by atoms with van der Waals surface area (Å²) in [6.45, 7) is 0. The van der Waals surface area contributed by atoms with Crippen molar-refractivity contribution < 1.29 is 19.1 Å². The number of hydrogen-bond donors (Lipinski definition) is 2. The molecule has 7 nitrogen and oxygen atoms in total. The average molecular weight is 355 g/mol. The number of ether oxygens (including phenoxy) is 2. The molecule has 0 fully saturated rings. The van der Waals surface area contributed by atoms with Crippen molar-refractivity contribution in [2.45, 2.75) is 12.8 Å². The Morgan fingerprint density at radius 2 is 1.73 bits per heavy atom. The Kier molecular flexibility index (Phi) is 7.17. The fraction of sp³-hybridized carbons (Fsp3) is 0.211. The summed E-state index contributed by atoms with van der Waals surface area (Å²) in [7, 11) is 3.11. The number of carbonyl (C=O) groups excluding carboxylic acids is 2. The van der Waals surface area contributed by atoms with Gasteiger partial charge in [-0.05, 0) is 30.3 Å². The summed E-state index contributed by atoms with van der Waals surface area (Å²) >= 11 is 0. The van der Waals surface area contributed by atoms with Gasteiger partial charge >= 0.3 is 0 Å². The summed E-state index contributed by atoms with van der Waals surface area (Å²) in [6.07, 6.45) is 1.56. The van der Waals surface area contributed by atoms with E-state index in [1.807, 2.05) is 18.2 Å². The highest BCUT2D eigenvalue weighted by atomic mass is 16.5. The number of nitrogens with zero attached hydrogens (tertiary/aromatic N) is 1. The van der Waals surface area contributed by atoms with Crippen LogP contribution in [-0.4, -0.2) is 32.2 Å². The first-order valence-corrected chi connectivity index (χ1v) is 8.01. The lowest BCUT2D eigenvalue weighted by atomic mass is 10.2. The number of amides is 2. The van der Waals surface area contributed by atoms with E-state index in [0.29, 0.717) is 22.7 Å². The lowest BCUT2D eigenvalue weighted by Crippen LogP contribution is -2.20. The van der Waals surface area contributed by atoms with Crippen LogP contribution in [-0.2, 0) is 9.59 Å². The maximum absolute atomic E-state index is 11.8. The normalized spacial score (nSPS) is 10.4. The molecule has 136 valence electrons.